The topological polar surface area (TPSA) is 91.3 Å². The predicted molar refractivity (Wildman–Crippen MR) is 85.9 cm³/mol. The van der Waals surface area contributed by atoms with Crippen molar-refractivity contribution >= 4 is 38.5 Å². The molecule has 0 aliphatic heterocycles. The Labute approximate surface area is 132 Å². The van der Waals surface area contributed by atoms with Gasteiger partial charge in [0.05, 0.1) is 10.2 Å². The van der Waals surface area contributed by atoms with Gasteiger partial charge >= 0.3 is 0 Å². The number of aromatic nitrogens is 1. The van der Waals surface area contributed by atoms with Crippen LogP contribution < -0.4 is 10.8 Å². The van der Waals surface area contributed by atoms with Gasteiger partial charge in [-0.15, -0.1) is 0 Å². The third-order valence-corrected chi connectivity index (χ3v) is 4.17. The fourth-order valence-corrected chi connectivity index (χ4v) is 2.97. The molecule has 1 heterocycles. The molecule has 118 valence electrons. The highest BCUT2D eigenvalue weighted by Crippen LogP contribution is 2.25. The average molecular weight is 321 g/mol. The Hall–Kier alpha value is -1.99. The molecule has 0 radical (unpaired) electrons. The van der Waals surface area contributed by atoms with Crippen LogP contribution in [0.25, 0.3) is 10.2 Å². The number of nitrogens with one attached hydrogen (secondary N) is 2. The number of unbranched alkanes of at least 4 members (excludes halogenated alkanes) is 3. The van der Waals surface area contributed by atoms with Crippen molar-refractivity contribution in [2.75, 3.05) is 5.32 Å². The summed E-state index contributed by atoms with van der Waals surface area (Å²) in [5.41, 5.74) is 2.50. The molecule has 2 aromatic rings. The molecule has 0 saturated carbocycles. The van der Waals surface area contributed by atoms with Crippen LogP contribution in [0.5, 0.6) is 0 Å². The maximum atomic E-state index is 11.8. The number of anilines is 1. The summed E-state index contributed by atoms with van der Waals surface area (Å²) in [6, 6.07) is 7.77. The Morgan fingerprint density at radius 2 is 1.73 bits per heavy atom. The minimum absolute atomic E-state index is 0.0350. The van der Waals surface area contributed by atoms with Crippen LogP contribution in [-0.4, -0.2) is 22.0 Å². The van der Waals surface area contributed by atoms with E-state index in [1.165, 1.54) is 11.3 Å². The Bertz CT molecular complexity index is 609. The molecule has 22 heavy (non-hydrogen) atoms. The van der Waals surface area contributed by atoms with E-state index in [1.807, 2.05) is 24.3 Å². The minimum Gasteiger partial charge on any atom is -0.302 e. The van der Waals surface area contributed by atoms with E-state index >= 15 is 0 Å². The van der Waals surface area contributed by atoms with Gasteiger partial charge in [0.25, 0.3) is 0 Å². The number of carbonyl (C=O) groups excluding carboxylic acids is 2. The van der Waals surface area contributed by atoms with E-state index in [2.05, 4.69) is 10.3 Å². The number of rotatable bonds is 8. The van der Waals surface area contributed by atoms with Gasteiger partial charge in [0.15, 0.2) is 5.13 Å². The number of fused-ring (bicyclic) bond motifs is 1. The second-order valence-corrected chi connectivity index (χ2v) is 6.01. The van der Waals surface area contributed by atoms with Crippen LogP contribution in [0.4, 0.5) is 5.13 Å². The van der Waals surface area contributed by atoms with E-state index in [-0.39, 0.29) is 11.8 Å². The van der Waals surface area contributed by atoms with Crippen LogP contribution in [-0.2, 0) is 9.59 Å². The predicted octanol–water partition coefficient (Wildman–Crippen LogP) is 3.08. The zero-order chi connectivity index (χ0) is 15.8. The highest BCUT2D eigenvalue weighted by Gasteiger charge is 2.07. The van der Waals surface area contributed by atoms with Crippen LogP contribution in [0.2, 0.25) is 0 Å². The first-order valence-corrected chi connectivity index (χ1v) is 8.09. The average Bonchev–Trinajstić information content (AvgIpc) is 2.92. The fraction of sp³-hybridized carbons (Fsp3) is 0.400. The molecule has 1 aromatic carbocycles. The van der Waals surface area contributed by atoms with Crippen molar-refractivity contribution in [3.63, 3.8) is 0 Å². The number of hydrogen-bond donors (Lipinski definition) is 3. The summed E-state index contributed by atoms with van der Waals surface area (Å²) in [4.78, 5) is 27.0. The lowest BCUT2D eigenvalue weighted by molar-refractivity contribution is -0.129. The molecule has 0 aliphatic rings. The largest absolute Gasteiger partial charge is 0.302 e. The molecule has 1 aromatic heterocycles. The molecule has 3 N–H and O–H groups in total. The van der Waals surface area contributed by atoms with Crippen LogP contribution in [0.3, 0.4) is 0 Å². The van der Waals surface area contributed by atoms with E-state index in [1.54, 1.807) is 5.48 Å². The monoisotopic (exact) mass is 321 g/mol. The minimum atomic E-state index is -0.367. The maximum Gasteiger partial charge on any atom is 0.243 e. The highest BCUT2D eigenvalue weighted by molar-refractivity contribution is 7.22. The summed E-state index contributed by atoms with van der Waals surface area (Å²) >= 11 is 1.47. The zero-order valence-electron chi connectivity index (χ0n) is 12.2. The lowest BCUT2D eigenvalue weighted by Crippen LogP contribution is -2.17. The summed E-state index contributed by atoms with van der Waals surface area (Å²) in [5.74, 6) is -0.402. The molecule has 6 nitrogen and oxygen atoms in total. The van der Waals surface area contributed by atoms with Crippen molar-refractivity contribution in [2.24, 2.45) is 0 Å². The van der Waals surface area contributed by atoms with Crippen molar-refractivity contribution < 1.29 is 14.8 Å². The zero-order valence-corrected chi connectivity index (χ0v) is 13.0. The number of thiazole rings is 1. The number of amides is 2. The number of hydrogen-bond acceptors (Lipinski definition) is 5. The molecule has 0 saturated heterocycles. The highest BCUT2D eigenvalue weighted by atomic mass is 32.1. The lowest BCUT2D eigenvalue weighted by atomic mass is 10.1. The van der Waals surface area contributed by atoms with Crippen LogP contribution in [0.15, 0.2) is 24.3 Å². The number of hydroxylamine groups is 1. The Balaban J connectivity index is 1.64. The molecule has 0 unspecified atom stereocenters. The molecular weight excluding hydrogens is 302 g/mol. The first-order chi connectivity index (χ1) is 10.7. The number of nitrogens with zero attached hydrogens (tertiary/aromatic N) is 1. The molecule has 7 heteroatoms. The van der Waals surface area contributed by atoms with Crippen molar-refractivity contribution in [3.05, 3.63) is 24.3 Å². The van der Waals surface area contributed by atoms with E-state index in [0.717, 1.165) is 29.5 Å². The lowest BCUT2D eigenvalue weighted by Gasteiger charge is -2.02. The van der Waals surface area contributed by atoms with Crippen LogP contribution in [0.1, 0.15) is 38.5 Å². The quantitative estimate of drug-likeness (QED) is 0.396. The molecule has 0 fully saturated rings. The molecule has 2 rings (SSSR count). The third kappa shape index (κ3) is 5.09. The van der Waals surface area contributed by atoms with Gasteiger partial charge in [-0.3, -0.25) is 14.8 Å². The van der Waals surface area contributed by atoms with Gasteiger partial charge in [-0.1, -0.05) is 36.3 Å². The Kier molecular flexibility index (Phi) is 6.29. The number of benzene rings is 1. The normalized spacial score (nSPS) is 10.6. The van der Waals surface area contributed by atoms with Crippen molar-refractivity contribution in [1.29, 1.82) is 0 Å². The van der Waals surface area contributed by atoms with Crippen LogP contribution in [0, 0.1) is 0 Å². The first-order valence-electron chi connectivity index (χ1n) is 7.27. The van der Waals surface area contributed by atoms with E-state index in [0.29, 0.717) is 24.4 Å². The Morgan fingerprint density at radius 1 is 1.05 bits per heavy atom. The second-order valence-electron chi connectivity index (χ2n) is 4.98. The second kappa shape index (κ2) is 8.45. The first kappa shape index (κ1) is 16.4. The molecule has 0 bridgehead atoms. The van der Waals surface area contributed by atoms with Crippen molar-refractivity contribution in [2.45, 2.75) is 38.5 Å². The molecule has 0 spiro atoms. The number of para-hydroxylation sites is 1. The van der Waals surface area contributed by atoms with Gasteiger partial charge in [0.2, 0.25) is 11.8 Å². The number of carbonyl (C=O) groups is 2. The smallest absolute Gasteiger partial charge is 0.243 e. The Morgan fingerprint density at radius 3 is 2.41 bits per heavy atom. The third-order valence-electron chi connectivity index (χ3n) is 3.22. The van der Waals surface area contributed by atoms with Gasteiger partial charge in [-0.05, 0) is 25.0 Å². The van der Waals surface area contributed by atoms with E-state index in [4.69, 9.17) is 5.21 Å². The standard InChI is InChI=1S/C15H19N3O3S/c19-13(9-3-1-2-4-10-14(20)18-21)17-15-16-11-7-5-6-8-12(11)22-15/h5-8,21H,1-4,9-10H2,(H,18,20)(H,16,17,19). The molecule has 0 aliphatic carbocycles. The van der Waals surface area contributed by atoms with Gasteiger partial charge in [0.1, 0.15) is 0 Å². The maximum absolute atomic E-state index is 11.8. The molecular formula is C15H19N3O3S. The SMILES string of the molecule is O=C(CCCCCCC(=O)Nc1nc2ccccc2s1)NO. The van der Waals surface area contributed by atoms with E-state index in [9.17, 15) is 9.59 Å². The van der Waals surface area contributed by atoms with E-state index < -0.39 is 0 Å². The summed E-state index contributed by atoms with van der Waals surface area (Å²) in [7, 11) is 0. The van der Waals surface area contributed by atoms with Gasteiger partial charge < -0.3 is 5.32 Å². The molecule has 0 atom stereocenters. The van der Waals surface area contributed by atoms with Crippen molar-refractivity contribution in [3.8, 4) is 0 Å². The fourth-order valence-electron chi connectivity index (χ4n) is 2.09. The summed E-state index contributed by atoms with van der Waals surface area (Å²) in [5, 5.41) is 11.8. The molecule has 2 amide bonds. The van der Waals surface area contributed by atoms with Gasteiger partial charge in [-0.2, -0.15) is 0 Å². The van der Waals surface area contributed by atoms with Crippen LogP contribution >= 0.6 is 11.3 Å². The van der Waals surface area contributed by atoms with Crippen molar-refractivity contribution in [1.82, 2.24) is 10.5 Å². The van der Waals surface area contributed by atoms with Gasteiger partial charge in [-0.25, -0.2) is 10.5 Å². The summed E-state index contributed by atoms with van der Waals surface area (Å²) in [6.07, 6.45) is 3.99. The summed E-state index contributed by atoms with van der Waals surface area (Å²) in [6.45, 7) is 0. The van der Waals surface area contributed by atoms with Gasteiger partial charge in [0, 0.05) is 12.8 Å². The summed E-state index contributed by atoms with van der Waals surface area (Å²) < 4.78 is 1.06.